The molecule has 4 nitrogen and oxygen atoms in total. The summed E-state index contributed by atoms with van der Waals surface area (Å²) in [5.41, 5.74) is 0.916. The largest absolute Gasteiger partial charge is 0.396 e. The molecule has 0 aliphatic rings. The summed E-state index contributed by atoms with van der Waals surface area (Å²) >= 11 is 7.30. The van der Waals surface area contributed by atoms with Crippen LogP contribution in [-0.2, 0) is 0 Å². The first-order valence-corrected chi connectivity index (χ1v) is 8.37. The van der Waals surface area contributed by atoms with Crippen LogP contribution in [0, 0.1) is 0 Å². The molecule has 2 N–H and O–H groups in total. The van der Waals surface area contributed by atoms with E-state index < -0.39 is 0 Å². The number of aliphatic hydroxyl groups is 1. The van der Waals surface area contributed by atoms with E-state index in [-0.39, 0.29) is 18.6 Å². The molecule has 1 aromatic carbocycles. The van der Waals surface area contributed by atoms with E-state index in [1.165, 1.54) is 11.3 Å². The zero-order chi connectivity index (χ0) is 16.2. The fourth-order valence-corrected chi connectivity index (χ4v) is 3.43. The molecule has 0 bridgehead atoms. The van der Waals surface area contributed by atoms with Crippen LogP contribution in [0.1, 0.15) is 27.7 Å². The summed E-state index contributed by atoms with van der Waals surface area (Å²) in [6.45, 7) is -0.0100. The van der Waals surface area contributed by atoms with Crippen LogP contribution in [0.5, 0.6) is 0 Å². The maximum atomic E-state index is 12.5. The molecule has 2 aromatic heterocycles. The Morgan fingerprint density at radius 2 is 2.09 bits per heavy atom. The van der Waals surface area contributed by atoms with Crippen LogP contribution < -0.4 is 5.32 Å². The van der Waals surface area contributed by atoms with Gasteiger partial charge in [-0.15, -0.1) is 11.3 Å². The van der Waals surface area contributed by atoms with Crippen molar-refractivity contribution in [2.45, 2.75) is 12.5 Å². The lowest BCUT2D eigenvalue weighted by Gasteiger charge is -2.18. The number of nitrogens with one attached hydrogen (secondary N) is 1. The third-order valence-electron chi connectivity index (χ3n) is 3.54. The van der Waals surface area contributed by atoms with Crippen molar-refractivity contribution in [2.24, 2.45) is 0 Å². The number of fused-ring (bicyclic) bond motifs is 1. The van der Waals surface area contributed by atoms with Gasteiger partial charge in [-0.25, -0.2) is 0 Å². The number of halogens is 1. The maximum Gasteiger partial charge on any atom is 0.261 e. The summed E-state index contributed by atoms with van der Waals surface area (Å²) in [7, 11) is 0. The minimum absolute atomic E-state index is 0.0100. The second-order valence-electron chi connectivity index (χ2n) is 5.11. The van der Waals surface area contributed by atoms with Gasteiger partial charge in [0, 0.05) is 24.0 Å². The summed E-state index contributed by atoms with van der Waals surface area (Å²) in [6.07, 6.45) is 3.90. The van der Waals surface area contributed by atoms with Crippen molar-refractivity contribution in [3.63, 3.8) is 0 Å². The lowest BCUT2D eigenvalue weighted by atomic mass is 10.0. The molecule has 0 radical (unpaired) electrons. The molecule has 0 saturated heterocycles. The van der Waals surface area contributed by atoms with Crippen molar-refractivity contribution < 1.29 is 9.90 Å². The highest BCUT2D eigenvalue weighted by Gasteiger charge is 2.17. The number of amides is 1. The van der Waals surface area contributed by atoms with E-state index in [2.05, 4.69) is 10.3 Å². The van der Waals surface area contributed by atoms with Gasteiger partial charge >= 0.3 is 0 Å². The molecule has 1 amide bonds. The number of pyridine rings is 1. The minimum Gasteiger partial charge on any atom is -0.396 e. The van der Waals surface area contributed by atoms with Gasteiger partial charge in [0.05, 0.1) is 15.6 Å². The van der Waals surface area contributed by atoms with Crippen LogP contribution in [0.25, 0.3) is 10.1 Å². The number of benzene rings is 1. The molecule has 0 spiro atoms. The quantitative estimate of drug-likeness (QED) is 0.738. The van der Waals surface area contributed by atoms with Crippen LogP contribution in [-0.4, -0.2) is 22.6 Å². The Morgan fingerprint density at radius 3 is 2.78 bits per heavy atom. The highest BCUT2D eigenvalue weighted by molar-refractivity contribution is 7.20. The smallest absolute Gasteiger partial charge is 0.261 e. The van der Waals surface area contributed by atoms with E-state index in [1.807, 2.05) is 24.3 Å². The number of thiophene rings is 1. The average molecular weight is 347 g/mol. The zero-order valence-corrected chi connectivity index (χ0v) is 13.8. The minimum atomic E-state index is -0.256. The lowest BCUT2D eigenvalue weighted by molar-refractivity contribution is 0.0934. The van der Waals surface area contributed by atoms with Gasteiger partial charge in [0.1, 0.15) is 0 Å². The molecule has 0 aliphatic heterocycles. The first-order chi connectivity index (χ1) is 11.2. The molecule has 0 aliphatic carbocycles. The first-order valence-electron chi connectivity index (χ1n) is 7.18. The topological polar surface area (TPSA) is 62.2 Å². The van der Waals surface area contributed by atoms with Crippen LogP contribution in [0.4, 0.5) is 0 Å². The van der Waals surface area contributed by atoms with E-state index in [0.717, 1.165) is 15.6 Å². The van der Waals surface area contributed by atoms with Crippen molar-refractivity contribution in [1.82, 2.24) is 10.3 Å². The number of hydrogen-bond acceptors (Lipinski definition) is 4. The summed E-state index contributed by atoms with van der Waals surface area (Å²) in [4.78, 5) is 17.2. The predicted molar refractivity (Wildman–Crippen MR) is 93.0 cm³/mol. The van der Waals surface area contributed by atoms with Gasteiger partial charge in [-0.1, -0.05) is 23.7 Å². The van der Waals surface area contributed by atoms with Gasteiger partial charge in [-0.2, -0.15) is 0 Å². The maximum absolute atomic E-state index is 12.5. The number of carbonyl (C=O) groups excluding carboxylic acids is 1. The van der Waals surface area contributed by atoms with Gasteiger partial charge in [0.15, 0.2) is 0 Å². The second-order valence-corrected chi connectivity index (χ2v) is 6.63. The monoisotopic (exact) mass is 346 g/mol. The molecule has 3 aromatic rings. The molecule has 0 saturated carbocycles. The van der Waals surface area contributed by atoms with Crippen molar-refractivity contribution >= 4 is 38.9 Å². The third kappa shape index (κ3) is 3.69. The molecule has 118 valence electrons. The molecule has 1 unspecified atom stereocenters. The molecule has 3 rings (SSSR count). The number of carbonyl (C=O) groups is 1. The van der Waals surface area contributed by atoms with Crippen LogP contribution in [0.15, 0.2) is 48.8 Å². The SMILES string of the molecule is O=C(NC(CCO)c1ccc(Cl)cc1)c1cc2ccncc2s1. The lowest BCUT2D eigenvalue weighted by Crippen LogP contribution is -2.28. The second kappa shape index (κ2) is 7.08. The molecule has 6 heteroatoms. The van der Waals surface area contributed by atoms with Crippen LogP contribution in [0.3, 0.4) is 0 Å². The molecule has 1 atom stereocenters. The van der Waals surface area contributed by atoms with E-state index in [9.17, 15) is 9.90 Å². The van der Waals surface area contributed by atoms with E-state index in [1.54, 1.807) is 24.5 Å². The fourth-order valence-electron chi connectivity index (χ4n) is 2.37. The molecular weight excluding hydrogens is 332 g/mol. The van der Waals surface area contributed by atoms with Crippen molar-refractivity contribution in [1.29, 1.82) is 0 Å². The standard InChI is InChI=1S/C17H15ClN2O2S/c18-13-3-1-11(2-4-13)14(6-8-21)20-17(22)15-9-12-5-7-19-10-16(12)23-15/h1-5,7,9-10,14,21H,6,8H2,(H,20,22). The Hall–Kier alpha value is -1.95. The molecule has 0 fully saturated rings. The normalized spacial score (nSPS) is 12.3. The fraction of sp³-hybridized carbons (Fsp3) is 0.176. The summed E-state index contributed by atoms with van der Waals surface area (Å²) in [5.74, 6) is -0.153. The van der Waals surface area contributed by atoms with E-state index in [4.69, 9.17) is 11.6 Å². The Bertz CT molecular complexity index is 784. The van der Waals surface area contributed by atoms with Crippen molar-refractivity contribution in [3.8, 4) is 0 Å². The number of rotatable bonds is 5. The number of aliphatic hydroxyl groups excluding tert-OH is 1. The predicted octanol–water partition coefficient (Wildman–Crippen LogP) is 3.80. The highest BCUT2D eigenvalue weighted by atomic mass is 35.5. The Kier molecular flexibility index (Phi) is 4.91. The highest BCUT2D eigenvalue weighted by Crippen LogP contribution is 2.26. The number of nitrogens with zero attached hydrogens (tertiary/aromatic N) is 1. The van der Waals surface area contributed by atoms with Gasteiger partial charge in [0.2, 0.25) is 0 Å². The van der Waals surface area contributed by atoms with Gasteiger partial charge in [-0.05, 0) is 41.6 Å². The third-order valence-corrected chi connectivity index (χ3v) is 4.88. The molecular formula is C17H15ClN2O2S. The Labute approximate surface area is 142 Å². The van der Waals surface area contributed by atoms with Gasteiger partial charge in [-0.3, -0.25) is 9.78 Å². The first kappa shape index (κ1) is 15.9. The number of hydrogen-bond donors (Lipinski definition) is 2. The van der Waals surface area contributed by atoms with E-state index in [0.29, 0.717) is 16.3 Å². The average Bonchev–Trinajstić information content (AvgIpc) is 2.99. The summed E-state index contributed by atoms with van der Waals surface area (Å²) < 4.78 is 0.975. The van der Waals surface area contributed by atoms with E-state index >= 15 is 0 Å². The molecule has 23 heavy (non-hydrogen) atoms. The van der Waals surface area contributed by atoms with Crippen LogP contribution in [0.2, 0.25) is 5.02 Å². The summed E-state index contributed by atoms with van der Waals surface area (Å²) in [6, 6.07) is 10.8. The zero-order valence-electron chi connectivity index (χ0n) is 12.2. The van der Waals surface area contributed by atoms with Crippen molar-refractivity contribution in [3.05, 3.63) is 64.3 Å². The van der Waals surface area contributed by atoms with Gasteiger partial charge < -0.3 is 10.4 Å². The van der Waals surface area contributed by atoms with Gasteiger partial charge in [0.25, 0.3) is 5.91 Å². The van der Waals surface area contributed by atoms with Crippen molar-refractivity contribution in [2.75, 3.05) is 6.61 Å². The Morgan fingerprint density at radius 1 is 1.30 bits per heavy atom. The Balaban J connectivity index is 1.81. The number of aromatic nitrogens is 1. The van der Waals surface area contributed by atoms with Crippen LogP contribution >= 0.6 is 22.9 Å². The molecule has 2 heterocycles. The summed E-state index contributed by atoms with van der Waals surface area (Å²) in [5, 5.41) is 13.9.